The molecule has 6 N–H and O–H groups in total. The van der Waals surface area contributed by atoms with Crippen molar-refractivity contribution in [2.75, 3.05) is 0 Å². The van der Waals surface area contributed by atoms with Crippen molar-refractivity contribution in [3.63, 3.8) is 0 Å². The fourth-order valence-corrected chi connectivity index (χ4v) is 0. The molecule has 0 aromatic heterocycles. The Hall–Kier alpha value is 0.399. The first-order chi connectivity index (χ1) is 1.00. The van der Waals surface area contributed by atoms with E-state index in [9.17, 15) is 0 Å². The summed E-state index contributed by atoms with van der Waals surface area (Å²) >= 11 is 0. The van der Waals surface area contributed by atoms with Crippen LogP contribution < -0.4 is 5.73 Å². The molecule has 3 nitrogen and oxygen atoms in total. The van der Waals surface area contributed by atoms with Gasteiger partial charge in [-0.3, -0.25) is 7.05 Å². The van der Waals surface area contributed by atoms with E-state index in [1.54, 1.807) is 0 Å². The zero-order valence-electron chi connectivity index (χ0n) is 2.66. The molecule has 0 bridgehead atoms. The molecule has 1 radical (unpaired) electrons. The molecule has 0 saturated heterocycles. The summed E-state index contributed by atoms with van der Waals surface area (Å²) in [5, 5.41) is 0. The van der Waals surface area contributed by atoms with Gasteiger partial charge in [0, 0.05) is 0 Å². The Morgan fingerprint density at radius 2 is 1.20 bits per heavy atom. The monoisotopic (exact) mass is 127 g/mol. The van der Waals surface area contributed by atoms with Crippen LogP contribution in [0.1, 0.15) is 0 Å². The average Bonchev–Trinajstić information content (AvgIpc) is 1.00. The number of nitrogens with two attached hydrogens (primary N) is 2. The average molecular weight is 128 g/mol. The Labute approximate surface area is 42.3 Å². The van der Waals surface area contributed by atoms with Crippen LogP contribution in [0.4, 0.5) is 0 Å². The third-order valence-corrected chi connectivity index (χ3v) is 0. The van der Waals surface area contributed by atoms with Crippen LogP contribution in [0.3, 0.4) is 0 Å². The molecule has 0 aromatic carbocycles. The first-order valence-corrected chi connectivity index (χ1v) is 0.408. The van der Waals surface area contributed by atoms with Crippen LogP contribution in [0.5, 0.6) is 0 Å². The van der Waals surface area contributed by atoms with E-state index in [4.69, 9.17) is 0 Å². The summed E-state index contributed by atoms with van der Waals surface area (Å²) in [5.74, 6) is 0. The topological polar surface area (TPSA) is 91.0 Å². The smallest absolute Gasteiger partial charge is 0.693 e. The minimum absolute atomic E-state index is 0. The van der Waals surface area contributed by atoms with Gasteiger partial charge in [0.2, 0.25) is 0 Å². The SMILES string of the molecule is O.[CH2-]N.[Cu+2].[NH2-]. The predicted octanol–water partition coefficient (Wildman–Crippen LogP) is -0.373. The third kappa shape index (κ3) is 159. The van der Waals surface area contributed by atoms with Crippen LogP contribution in [-0.2, 0) is 17.1 Å². The van der Waals surface area contributed by atoms with Gasteiger partial charge in [-0.15, -0.1) is 0 Å². The summed E-state index contributed by atoms with van der Waals surface area (Å²) in [6.07, 6.45) is 0. The van der Waals surface area contributed by atoms with E-state index in [-0.39, 0.29) is 28.7 Å². The van der Waals surface area contributed by atoms with E-state index in [0.717, 1.165) is 0 Å². The van der Waals surface area contributed by atoms with E-state index in [2.05, 4.69) is 12.8 Å². The molecule has 0 fully saturated rings. The molecule has 0 aliphatic heterocycles. The summed E-state index contributed by atoms with van der Waals surface area (Å²) in [6, 6.07) is 0. The van der Waals surface area contributed by atoms with Gasteiger partial charge in [-0.2, -0.15) is 0 Å². The molecular formula is CH8CuN2O. The standard InChI is InChI=1S/CH4N.Cu.H2N.H2O/c1-2;;;/h1-2H2;;2*1H2/q-1;+2;-1;. The molecule has 0 amide bonds. The summed E-state index contributed by atoms with van der Waals surface area (Å²) in [6.45, 7) is 0. The molecule has 0 saturated carbocycles. The molecule has 39 valence electrons. The first kappa shape index (κ1) is 53.4. The van der Waals surface area contributed by atoms with Crippen molar-refractivity contribution in [3.05, 3.63) is 13.2 Å². The third-order valence-electron chi connectivity index (χ3n) is 0. The zero-order valence-corrected chi connectivity index (χ0v) is 3.60. The Morgan fingerprint density at radius 3 is 1.20 bits per heavy atom. The summed E-state index contributed by atoms with van der Waals surface area (Å²) in [4.78, 5) is 0. The van der Waals surface area contributed by atoms with Crippen molar-refractivity contribution in [1.82, 2.24) is 0 Å². The predicted molar refractivity (Wildman–Crippen MR) is 18.4 cm³/mol. The van der Waals surface area contributed by atoms with E-state index < -0.39 is 0 Å². The molecule has 0 rings (SSSR count). The van der Waals surface area contributed by atoms with Gasteiger partial charge >= 0.3 is 17.1 Å². The van der Waals surface area contributed by atoms with Crippen LogP contribution in [0.25, 0.3) is 6.15 Å². The van der Waals surface area contributed by atoms with Gasteiger partial charge in [0.15, 0.2) is 0 Å². The van der Waals surface area contributed by atoms with E-state index >= 15 is 0 Å². The van der Waals surface area contributed by atoms with E-state index in [1.165, 1.54) is 0 Å². The molecule has 0 spiro atoms. The number of rotatable bonds is 0. The maximum absolute atomic E-state index is 4.25. The summed E-state index contributed by atoms with van der Waals surface area (Å²) in [7, 11) is 2.75. The Balaban J connectivity index is -0.00000000167. The first-order valence-electron chi connectivity index (χ1n) is 0.408. The molecule has 0 heterocycles. The van der Waals surface area contributed by atoms with Gasteiger partial charge in [-0.1, -0.05) is 0 Å². The van der Waals surface area contributed by atoms with Gasteiger partial charge in [0.05, 0.1) is 0 Å². The van der Waals surface area contributed by atoms with Gasteiger partial charge in [-0.05, 0) is 0 Å². The van der Waals surface area contributed by atoms with Crippen molar-refractivity contribution in [2.45, 2.75) is 0 Å². The molecule has 0 unspecified atom stereocenters. The van der Waals surface area contributed by atoms with Gasteiger partial charge in [0.1, 0.15) is 0 Å². The van der Waals surface area contributed by atoms with Crippen molar-refractivity contribution >= 4 is 0 Å². The molecule has 0 aromatic rings. The number of hydrogen-bond acceptors (Lipinski definition) is 1. The maximum atomic E-state index is 4.25. The molecule has 4 heteroatoms. The quantitative estimate of drug-likeness (QED) is 0.349. The largest absolute Gasteiger partial charge is 2.00 e. The normalized spacial score (nSPS) is 1.20. The Kier molecular flexibility index (Phi) is 3400. The second-order valence-corrected chi connectivity index (χ2v) is 0. The molecule has 0 atom stereocenters. The van der Waals surface area contributed by atoms with Crippen LogP contribution in [0.2, 0.25) is 0 Å². The van der Waals surface area contributed by atoms with Crippen molar-refractivity contribution < 1.29 is 22.5 Å². The van der Waals surface area contributed by atoms with Crippen LogP contribution in [0.15, 0.2) is 0 Å². The zero-order chi connectivity index (χ0) is 2.00. The summed E-state index contributed by atoms with van der Waals surface area (Å²) in [5.41, 5.74) is 4.25. The molecule has 5 heavy (non-hydrogen) atoms. The number of hydrogen-bond donors (Lipinski definition) is 1. The minimum Gasteiger partial charge on any atom is -0.693 e. The van der Waals surface area contributed by atoms with Crippen molar-refractivity contribution in [2.24, 2.45) is 5.73 Å². The summed E-state index contributed by atoms with van der Waals surface area (Å²) < 4.78 is 0. The fourth-order valence-electron chi connectivity index (χ4n) is 0. The van der Waals surface area contributed by atoms with Crippen molar-refractivity contribution in [1.29, 1.82) is 0 Å². The fraction of sp³-hybridized carbons (Fsp3) is 0. The maximum Gasteiger partial charge on any atom is 2.00 e. The molecule has 0 aliphatic carbocycles. The molecular weight excluding hydrogens is 120 g/mol. The van der Waals surface area contributed by atoms with Gasteiger partial charge in [-0.25, -0.2) is 0 Å². The Morgan fingerprint density at radius 1 is 1.20 bits per heavy atom. The van der Waals surface area contributed by atoms with Crippen LogP contribution >= 0.6 is 0 Å². The Bertz CT molecular complexity index is 9.61. The van der Waals surface area contributed by atoms with E-state index in [0.29, 0.717) is 0 Å². The van der Waals surface area contributed by atoms with Crippen LogP contribution in [0, 0.1) is 7.05 Å². The minimum atomic E-state index is 0. The van der Waals surface area contributed by atoms with E-state index in [1.807, 2.05) is 0 Å². The second-order valence-electron chi connectivity index (χ2n) is 0. The van der Waals surface area contributed by atoms with Gasteiger partial charge in [0.25, 0.3) is 0 Å². The van der Waals surface area contributed by atoms with Crippen molar-refractivity contribution in [3.8, 4) is 0 Å². The van der Waals surface area contributed by atoms with Crippen LogP contribution in [-0.4, -0.2) is 5.48 Å². The second kappa shape index (κ2) is 319. The molecule has 0 aliphatic rings. The van der Waals surface area contributed by atoms with Gasteiger partial charge < -0.3 is 17.4 Å².